The average Bonchev–Trinajstić information content (AvgIpc) is 2.46. The molecule has 2 aromatic heterocycles. The summed E-state index contributed by atoms with van der Waals surface area (Å²) in [5.41, 5.74) is 8.93. The minimum absolute atomic E-state index is 0.238. The Kier molecular flexibility index (Phi) is 3.21. The summed E-state index contributed by atoms with van der Waals surface area (Å²) in [6.45, 7) is 1.89. The molecule has 1 unspecified atom stereocenters. The summed E-state index contributed by atoms with van der Waals surface area (Å²) in [6.07, 6.45) is 4.04. The van der Waals surface area contributed by atoms with Gasteiger partial charge in [-0.05, 0) is 25.0 Å². The largest absolute Gasteiger partial charge is 0.481 e. The Balaban J connectivity index is 2.06. The molecule has 3 heterocycles. The van der Waals surface area contributed by atoms with Crippen molar-refractivity contribution in [3.63, 3.8) is 0 Å². The molecule has 19 heavy (non-hydrogen) atoms. The molecule has 1 aliphatic heterocycles. The maximum atomic E-state index is 6.06. The van der Waals surface area contributed by atoms with Crippen LogP contribution in [0.1, 0.15) is 12.8 Å². The third-order valence-electron chi connectivity index (χ3n) is 3.54. The van der Waals surface area contributed by atoms with E-state index in [4.69, 9.17) is 10.5 Å². The van der Waals surface area contributed by atoms with Crippen LogP contribution in [0.4, 0.5) is 5.69 Å². The zero-order valence-corrected chi connectivity index (χ0v) is 11.0. The molecule has 100 valence electrons. The number of hydrogen-bond donors (Lipinski definition) is 1. The number of hydrogen-bond acceptors (Lipinski definition) is 5. The lowest BCUT2D eigenvalue weighted by atomic mass is 10.1. The van der Waals surface area contributed by atoms with Gasteiger partial charge in [-0.25, -0.2) is 4.98 Å². The smallest absolute Gasteiger partial charge is 0.213 e. The van der Waals surface area contributed by atoms with E-state index >= 15 is 0 Å². The van der Waals surface area contributed by atoms with Gasteiger partial charge in [-0.1, -0.05) is 0 Å². The highest BCUT2D eigenvalue weighted by atomic mass is 16.5. The second-order valence-corrected chi connectivity index (χ2v) is 4.90. The maximum absolute atomic E-state index is 6.06. The lowest BCUT2D eigenvalue weighted by Crippen LogP contribution is -2.43. The summed E-state index contributed by atoms with van der Waals surface area (Å²) < 4.78 is 5.20. The Morgan fingerprint density at radius 1 is 1.37 bits per heavy atom. The molecule has 0 aromatic carbocycles. The van der Waals surface area contributed by atoms with Crippen LogP contribution >= 0.6 is 0 Å². The van der Waals surface area contributed by atoms with Crippen molar-refractivity contribution >= 4 is 16.7 Å². The summed E-state index contributed by atoms with van der Waals surface area (Å²) in [5, 5.41) is 0. The topological polar surface area (TPSA) is 64.3 Å². The molecule has 0 amide bonds. The zero-order chi connectivity index (χ0) is 13.2. The number of aromatic nitrogens is 2. The number of nitrogens with two attached hydrogens (primary N) is 1. The van der Waals surface area contributed by atoms with E-state index in [9.17, 15) is 0 Å². The number of anilines is 1. The Hall–Kier alpha value is -1.88. The van der Waals surface area contributed by atoms with Gasteiger partial charge in [0.1, 0.15) is 5.52 Å². The fourth-order valence-electron chi connectivity index (χ4n) is 2.59. The van der Waals surface area contributed by atoms with Crippen molar-refractivity contribution in [1.29, 1.82) is 0 Å². The SMILES string of the molecule is COc1ccc2nccc(N3CCCC(N)C3)c2n1. The third-order valence-corrected chi connectivity index (χ3v) is 3.54. The first-order valence-electron chi connectivity index (χ1n) is 6.58. The molecule has 5 nitrogen and oxygen atoms in total. The Labute approximate surface area is 112 Å². The number of nitrogens with zero attached hydrogens (tertiary/aromatic N) is 3. The number of methoxy groups -OCH3 is 1. The fourth-order valence-corrected chi connectivity index (χ4v) is 2.59. The summed E-state index contributed by atoms with van der Waals surface area (Å²) in [7, 11) is 1.63. The van der Waals surface area contributed by atoms with Gasteiger partial charge in [-0.15, -0.1) is 0 Å². The van der Waals surface area contributed by atoms with Gasteiger partial charge in [-0.2, -0.15) is 0 Å². The highest BCUT2D eigenvalue weighted by Crippen LogP contribution is 2.27. The molecule has 1 saturated heterocycles. The van der Waals surface area contributed by atoms with Crippen LogP contribution < -0.4 is 15.4 Å². The first-order valence-corrected chi connectivity index (χ1v) is 6.58. The van der Waals surface area contributed by atoms with E-state index in [0.29, 0.717) is 5.88 Å². The van der Waals surface area contributed by atoms with Crippen molar-refractivity contribution in [1.82, 2.24) is 9.97 Å². The standard InChI is InChI=1S/C14H18N4O/c1-19-13-5-4-11-14(17-13)12(6-7-16-11)18-8-2-3-10(15)9-18/h4-7,10H,2-3,8-9,15H2,1H3. The highest BCUT2D eigenvalue weighted by molar-refractivity contribution is 5.88. The van der Waals surface area contributed by atoms with Crippen molar-refractivity contribution in [2.24, 2.45) is 5.73 Å². The van der Waals surface area contributed by atoms with Gasteiger partial charge in [0.2, 0.25) is 5.88 Å². The van der Waals surface area contributed by atoms with Gasteiger partial charge in [-0.3, -0.25) is 4.98 Å². The first kappa shape index (κ1) is 12.2. The fraction of sp³-hybridized carbons (Fsp3) is 0.429. The molecule has 0 saturated carbocycles. The summed E-state index contributed by atoms with van der Waals surface area (Å²) in [6, 6.07) is 6.02. The van der Waals surface area contributed by atoms with E-state index in [2.05, 4.69) is 14.9 Å². The molecule has 3 rings (SSSR count). The van der Waals surface area contributed by atoms with Crippen LogP contribution in [-0.4, -0.2) is 36.2 Å². The molecular formula is C14H18N4O. The maximum Gasteiger partial charge on any atom is 0.213 e. The van der Waals surface area contributed by atoms with Gasteiger partial charge in [0.25, 0.3) is 0 Å². The number of piperidine rings is 1. The molecule has 1 atom stereocenters. The second-order valence-electron chi connectivity index (χ2n) is 4.90. The summed E-state index contributed by atoms with van der Waals surface area (Å²) in [4.78, 5) is 11.2. The van der Waals surface area contributed by atoms with Gasteiger partial charge in [0.05, 0.1) is 18.3 Å². The van der Waals surface area contributed by atoms with Crippen molar-refractivity contribution in [3.8, 4) is 5.88 Å². The van der Waals surface area contributed by atoms with Crippen molar-refractivity contribution in [2.45, 2.75) is 18.9 Å². The average molecular weight is 258 g/mol. The molecule has 0 radical (unpaired) electrons. The molecular weight excluding hydrogens is 240 g/mol. The normalized spacial score (nSPS) is 19.7. The number of fused-ring (bicyclic) bond motifs is 1. The van der Waals surface area contributed by atoms with E-state index in [1.165, 1.54) is 0 Å². The van der Waals surface area contributed by atoms with E-state index in [1.54, 1.807) is 7.11 Å². The second kappa shape index (κ2) is 5.01. The van der Waals surface area contributed by atoms with Crippen LogP contribution in [0.15, 0.2) is 24.4 Å². The molecule has 0 bridgehead atoms. The molecule has 5 heteroatoms. The zero-order valence-electron chi connectivity index (χ0n) is 11.0. The van der Waals surface area contributed by atoms with Gasteiger partial charge in [0.15, 0.2) is 0 Å². The molecule has 2 aromatic rings. The first-order chi connectivity index (χ1) is 9.28. The predicted octanol–water partition coefficient (Wildman–Crippen LogP) is 1.57. The Morgan fingerprint density at radius 2 is 2.26 bits per heavy atom. The predicted molar refractivity (Wildman–Crippen MR) is 75.5 cm³/mol. The molecule has 0 spiro atoms. The number of pyridine rings is 2. The summed E-state index contributed by atoms with van der Waals surface area (Å²) in [5.74, 6) is 0.614. The Morgan fingerprint density at radius 3 is 3.05 bits per heavy atom. The van der Waals surface area contributed by atoms with Crippen molar-refractivity contribution < 1.29 is 4.74 Å². The molecule has 0 aliphatic carbocycles. The minimum atomic E-state index is 0.238. The summed E-state index contributed by atoms with van der Waals surface area (Å²) >= 11 is 0. The van der Waals surface area contributed by atoms with Crippen molar-refractivity contribution in [3.05, 3.63) is 24.4 Å². The lowest BCUT2D eigenvalue weighted by molar-refractivity contribution is 0.399. The number of ether oxygens (including phenoxy) is 1. The quantitative estimate of drug-likeness (QED) is 0.885. The van der Waals surface area contributed by atoms with E-state index in [0.717, 1.165) is 42.7 Å². The van der Waals surface area contributed by atoms with E-state index in [-0.39, 0.29) is 6.04 Å². The molecule has 2 N–H and O–H groups in total. The van der Waals surface area contributed by atoms with Crippen molar-refractivity contribution in [2.75, 3.05) is 25.1 Å². The van der Waals surface area contributed by atoms with E-state index < -0.39 is 0 Å². The van der Waals surface area contributed by atoms with Gasteiger partial charge >= 0.3 is 0 Å². The van der Waals surface area contributed by atoms with Crippen LogP contribution in [0, 0.1) is 0 Å². The van der Waals surface area contributed by atoms with Crippen LogP contribution in [0.5, 0.6) is 5.88 Å². The van der Waals surface area contributed by atoms with Gasteiger partial charge < -0.3 is 15.4 Å². The van der Waals surface area contributed by atoms with Crippen LogP contribution in [0.25, 0.3) is 11.0 Å². The van der Waals surface area contributed by atoms with Crippen LogP contribution in [0.2, 0.25) is 0 Å². The van der Waals surface area contributed by atoms with E-state index in [1.807, 2.05) is 24.4 Å². The van der Waals surface area contributed by atoms with Crippen LogP contribution in [-0.2, 0) is 0 Å². The van der Waals surface area contributed by atoms with Crippen LogP contribution in [0.3, 0.4) is 0 Å². The Bertz CT molecular complexity index is 587. The van der Waals surface area contributed by atoms with Gasteiger partial charge in [0, 0.05) is 31.4 Å². The monoisotopic (exact) mass is 258 g/mol. The highest BCUT2D eigenvalue weighted by Gasteiger charge is 2.19. The third kappa shape index (κ3) is 2.33. The minimum Gasteiger partial charge on any atom is -0.481 e. The molecule has 1 aliphatic rings. The molecule has 1 fully saturated rings. The lowest BCUT2D eigenvalue weighted by Gasteiger charge is -2.32. The number of rotatable bonds is 2.